The molecule has 0 aliphatic rings. The second kappa shape index (κ2) is 11.0. The van der Waals surface area contributed by atoms with Crippen LogP contribution in [0.5, 0.6) is 0 Å². The highest BCUT2D eigenvalue weighted by atomic mass is 16.5. The molecule has 0 aliphatic carbocycles. The molecule has 0 fully saturated rings. The van der Waals surface area contributed by atoms with E-state index < -0.39 is 18.0 Å². The summed E-state index contributed by atoms with van der Waals surface area (Å²) in [5, 5.41) is 17.1. The zero-order valence-corrected chi connectivity index (χ0v) is 11.1. The molecule has 5 heteroatoms. The van der Waals surface area contributed by atoms with E-state index in [9.17, 15) is 9.59 Å². The van der Waals surface area contributed by atoms with Gasteiger partial charge in [-0.3, -0.25) is 0 Å². The molecular weight excluding hydrogens is 236 g/mol. The lowest BCUT2D eigenvalue weighted by molar-refractivity contribution is -0.165. The third kappa shape index (κ3) is 8.98. The van der Waals surface area contributed by atoms with Gasteiger partial charge >= 0.3 is 11.9 Å². The first kappa shape index (κ1) is 16.9. The van der Waals surface area contributed by atoms with Crippen LogP contribution < -0.4 is 0 Å². The van der Waals surface area contributed by atoms with Crippen LogP contribution in [0.25, 0.3) is 0 Å². The van der Waals surface area contributed by atoms with Gasteiger partial charge in [0.05, 0.1) is 0 Å². The van der Waals surface area contributed by atoms with Crippen molar-refractivity contribution in [1.82, 2.24) is 0 Å². The van der Waals surface area contributed by atoms with E-state index in [4.69, 9.17) is 14.9 Å². The molecule has 5 nitrogen and oxygen atoms in total. The molecule has 2 N–H and O–H groups in total. The van der Waals surface area contributed by atoms with Gasteiger partial charge in [0.2, 0.25) is 0 Å². The highest BCUT2D eigenvalue weighted by Crippen LogP contribution is 2.08. The van der Waals surface area contributed by atoms with E-state index in [2.05, 4.69) is 6.92 Å². The van der Waals surface area contributed by atoms with E-state index in [0.717, 1.165) is 12.8 Å². The number of ether oxygens (including phenoxy) is 1. The Bertz CT molecular complexity index is 226. The average Bonchev–Trinajstić information content (AvgIpc) is 2.30. The van der Waals surface area contributed by atoms with Gasteiger partial charge in [0.25, 0.3) is 6.10 Å². The molecule has 0 heterocycles. The third-order valence-corrected chi connectivity index (χ3v) is 2.73. The number of hydrogen-bond donors (Lipinski definition) is 2. The number of unbranched alkanes of at least 4 members (excludes halogenated alkanes) is 7. The van der Waals surface area contributed by atoms with Gasteiger partial charge < -0.3 is 14.9 Å². The summed E-state index contributed by atoms with van der Waals surface area (Å²) < 4.78 is 4.81. The Hall–Kier alpha value is -1.10. The molecular formula is C13H24O5. The van der Waals surface area contributed by atoms with Gasteiger partial charge in [0.15, 0.2) is 0 Å². The van der Waals surface area contributed by atoms with Gasteiger partial charge in [-0.1, -0.05) is 51.9 Å². The molecule has 0 spiro atoms. The lowest BCUT2D eigenvalue weighted by Gasteiger charge is -2.08. The van der Waals surface area contributed by atoms with Crippen LogP contribution in [0.4, 0.5) is 0 Å². The molecule has 0 aromatic heterocycles. The van der Waals surface area contributed by atoms with Crippen molar-refractivity contribution < 1.29 is 24.5 Å². The van der Waals surface area contributed by atoms with Crippen LogP contribution in [0.15, 0.2) is 0 Å². The number of carboxylic acids is 2. The van der Waals surface area contributed by atoms with Crippen LogP contribution >= 0.6 is 0 Å². The molecule has 0 saturated carbocycles. The first-order valence-corrected chi connectivity index (χ1v) is 6.66. The summed E-state index contributed by atoms with van der Waals surface area (Å²) >= 11 is 0. The van der Waals surface area contributed by atoms with Crippen molar-refractivity contribution >= 4 is 11.9 Å². The summed E-state index contributed by atoms with van der Waals surface area (Å²) in [5.41, 5.74) is 0. The smallest absolute Gasteiger partial charge is 0.344 e. The second-order valence-electron chi connectivity index (χ2n) is 4.40. The van der Waals surface area contributed by atoms with E-state index in [0.29, 0.717) is 6.42 Å². The fourth-order valence-electron chi connectivity index (χ4n) is 1.69. The fourth-order valence-corrected chi connectivity index (χ4v) is 1.69. The van der Waals surface area contributed by atoms with Crippen LogP contribution in [0.1, 0.15) is 58.3 Å². The fraction of sp³-hybridized carbons (Fsp3) is 0.846. The predicted molar refractivity (Wildman–Crippen MR) is 67.6 cm³/mol. The minimum Gasteiger partial charge on any atom is -0.479 e. The number of rotatable bonds is 12. The average molecular weight is 260 g/mol. The first-order chi connectivity index (χ1) is 8.59. The highest BCUT2D eigenvalue weighted by molar-refractivity contribution is 5.95. The van der Waals surface area contributed by atoms with Crippen LogP contribution in [0, 0.1) is 0 Å². The Kier molecular flexibility index (Phi) is 10.3. The Morgan fingerprint density at radius 2 is 1.33 bits per heavy atom. The van der Waals surface area contributed by atoms with Gasteiger partial charge in [-0.05, 0) is 6.42 Å². The number of carboxylic acid groups (broad SMARTS) is 2. The third-order valence-electron chi connectivity index (χ3n) is 2.73. The van der Waals surface area contributed by atoms with E-state index in [1.54, 1.807) is 0 Å². The number of aliphatic carboxylic acids is 2. The summed E-state index contributed by atoms with van der Waals surface area (Å²) in [6.07, 6.45) is 7.24. The summed E-state index contributed by atoms with van der Waals surface area (Å²) in [7, 11) is 0. The van der Waals surface area contributed by atoms with Crippen molar-refractivity contribution in [1.29, 1.82) is 0 Å². The van der Waals surface area contributed by atoms with E-state index in [-0.39, 0.29) is 6.61 Å². The number of carbonyl (C=O) groups is 2. The number of hydrogen-bond acceptors (Lipinski definition) is 3. The van der Waals surface area contributed by atoms with Gasteiger partial charge in [-0.2, -0.15) is 0 Å². The van der Waals surface area contributed by atoms with Gasteiger partial charge in [-0.25, -0.2) is 9.59 Å². The summed E-state index contributed by atoms with van der Waals surface area (Å²) in [6.45, 7) is 2.37. The SMILES string of the molecule is CCCCCCCCCCOC(C(=O)O)C(=O)O. The van der Waals surface area contributed by atoms with E-state index >= 15 is 0 Å². The van der Waals surface area contributed by atoms with Gasteiger partial charge in [0.1, 0.15) is 0 Å². The predicted octanol–water partition coefficient (Wildman–Crippen LogP) is 2.68. The van der Waals surface area contributed by atoms with Crippen LogP contribution in [-0.4, -0.2) is 34.9 Å². The maximum atomic E-state index is 10.5. The Morgan fingerprint density at radius 3 is 1.78 bits per heavy atom. The molecule has 0 atom stereocenters. The van der Waals surface area contributed by atoms with Crippen molar-refractivity contribution in [2.75, 3.05) is 6.61 Å². The lowest BCUT2D eigenvalue weighted by Crippen LogP contribution is -2.32. The molecule has 0 bridgehead atoms. The molecule has 0 aromatic rings. The van der Waals surface area contributed by atoms with Gasteiger partial charge in [0, 0.05) is 6.61 Å². The van der Waals surface area contributed by atoms with E-state index in [1.165, 1.54) is 32.1 Å². The van der Waals surface area contributed by atoms with E-state index in [1.807, 2.05) is 0 Å². The first-order valence-electron chi connectivity index (χ1n) is 6.66. The van der Waals surface area contributed by atoms with Crippen molar-refractivity contribution in [3.63, 3.8) is 0 Å². The van der Waals surface area contributed by atoms with Crippen LogP contribution in [0.2, 0.25) is 0 Å². The quantitative estimate of drug-likeness (QED) is 0.416. The molecule has 18 heavy (non-hydrogen) atoms. The van der Waals surface area contributed by atoms with Crippen molar-refractivity contribution in [3.05, 3.63) is 0 Å². The maximum absolute atomic E-state index is 10.5. The monoisotopic (exact) mass is 260 g/mol. The summed E-state index contributed by atoms with van der Waals surface area (Å²) in [6, 6.07) is 0. The highest BCUT2D eigenvalue weighted by Gasteiger charge is 2.25. The maximum Gasteiger partial charge on any atom is 0.344 e. The topological polar surface area (TPSA) is 83.8 Å². The normalized spacial score (nSPS) is 10.8. The molecule has 0 unspecified atom stereocenters. The Morgan fingerprint density at radius 1 is 0.889 bits per heavy atom. The van der Waals surface area contributed by atoms with Gasteiger partial charge in [-0.15, -0.1) is 0 Å². The largest absolute Gasteiger partial charge is 0.479 e. The zero-order valence-electron chi connectivity index (χ0n) is 11.1. The van der Waals surface area contributed by atoms with Crippen LogP contribution in [0.3, 0.4) is 0 Å². The minimum atomic E-state index is -1.73. The molecule has 0 radical (unpaired) electrons. The molecule has 0 aliphatic heterocycles. The minimum absolute atomic E-state index is 0.193. The molecule has 0 amide bonds. The molecule has 0 saturated heterocycles. The Balaban J connectivity index is 3.39. The lowest BCUT2D eigenvalue weighted by atomic mass is 10.1. The molecule has 0 aromatic carbocycles. The van der Waals surface area contributed by atoms with Crippen LogP contribution in [-0.2, 0) is 14.3 Å². The Labute approximate surface area is 108 Å². The molecule has 106 valence electrons. The van der Waals surface area contributed by atoms with Crippen molar-refractivity contribution in [3.8, 4) is 0 Å². The van der Waals surface area contributed by atoms with Crippen molar-refractivity contribution in [2.24, 2.45) is 0 Å². The molecule has 0 rings (SSSR count). The standard InChI is InChI=1S/C13H24O5/c1-2-3-4-5-6-7-8-9-10-18-11(12(14)15)13(16)17/h11H,2-10H2,1H3,(H,14,15)(H,16,17). The zero-order chi connectivity index (χ0) is 13.8. The second-order valence-corrected chi connectivity index (χ2v) is 4.40. The summed E-state index contributed by atoms with van der Waals surface area (Å²) in [5.74, 6) is -2.89. The summed E-state index contributed by atoms with van der Waals surface area (Å²) in [4.78, 5) is 21.0. The van der Waals surface area contributed by atoms with Crippen molar-refractivity contribution in [2.45, 2.75) is 64.4 Å².